The first-order valence-corrected chi connectivity index (χ1v) is 15.3. The van der Waals surface area contributed by atoms with Crippen molar-refractivity contribution in [1.29, 1.82) is 0 Å². The standard InChI is InChI=1S/C33H36ClN5O3/c1-41-33(40)30-10-9-29-32(36-30)39(20-26-14-18-42-26)31(35-29)21-37-15-11-22(12-16-37)27-4-2-3-23-19-38(17-13-28(23)27)25-7-5-24(34)6-8-25/h2-10,22,26H,11-21H2,1H3. The molecule has 2 saturated heterocycles. The lowest BCUT2D eigenvalue weighted by Gasteiger charge is -2.36. The number of hydrogen-bond acceptors (Lipinski definition) is 7. The number of imidazole rings is 1. The molecule has 0 radical (unpaired) electrons. The number of aromatic nitrogens is 3. The number of fused-ring (bicyclic) bond motifs is 2. The SMILES string of the molecule is COC(=O)c1ccc2nc(CN3CCC(c4cccc5c4CCN(c4ccc(Cl)cc4)C5)CC3)n(CC3CCO3)c2n1. The number of benzene rings is 2. The van der Waals surface area contributed by atoms with E-state index in [-0.39, 0.29) is 6.10 Å². The van der Waals surface area contributed by atoms with Crippen molar-refractivity contribution < 1.29 is 14.3 Å². The Kier molecular flexibility index (Phi) is 7.61. The van der Waals surface area contributed by atoms with Crippen LogP contribution in [0.2, 0.25) is 5.02 Å². The highest BCUT2D eigenvalue weighted by Crippen LogP contribution is 2.36. The summed E-state index contributed by atoms with van der Waals surface area (Å²) in [5.41, 5.74) is 7.60. The van der Waals surface area contributed by atoms with Gasteiger partial charge in [0.15, 0.2) is 11.3 Å². The van der Waals surface area contributed by atoms with Crippen molar-refractivity contribution in [3.05, 3.63) is 87.8 Å². The number of halogens is 1. The Morgan fingerprint density at radius 1 is 1.02 bits per heavy atom. The molecular formula is C33H36ClN5O3. The van der Waals surface area contributed by atoms with E-state index in [9.17, 15) is 4.79 Å². The molecule has 3 aliphatic heterocycles. The highest BCUT2D eigenvalue weighted by atomic mass is 35.5. The molecule has 0 saturated carbocycles. The molecule has 1 atom stereocenters. The number of rotatable bonds is 7. The number of ether oxygens (including phenoxy) is 2. The summed E-state index contributed by atoms with van der Waals surface area (Å²) in [5, 5.41) is 0.777. The van der Waals surface area contributed by atoms with Gasteiger partial charge < -0.3 is 18.9 Å². The zero-order valence-electron chi connectivity index (χ0n) is 24.0. The monoisotopic (exact) mass is 585 g/mol. The fourth-order valence-corrected chi connectivity index (χ4v) is 6.83. The molecule has 2 fully saturated rings. The molecule has 7 rings (SSSR count). The summed E-state index contributed by atoms with van der Waals surface area (Å²) in [6.07, 6.45) is 4.53. The van der Waals surface area contributed by atoms with Crippen molar-refractivity contribution in [3.63, 3.8) is 0 Å². The van der Waals surface area contributed by atoms with Crippen LogP contribution in [0, 0.1) is 0 Å². The molecule has 42 heavy (non-hydrogen) atoms. The van der Waals surface area contributed by atoms with Crippen LogP contribution in [-0.2, 0) is 35.5 Å². The smallest absolute Gasteiger partial charge is 0.356 e. The minimum atomic E-state index is -0.436. The van der Waals surface area contributed by atoms with E-state index < -0.39 is 5.97 Å². The summed E-state index contributed by atoms with van der Waals surface area (Å²) in [5.74, 6) is 1.12. The van der Waals surface area contributed by atoms with E-state index in [1.807, 2.05) is 18.2 Å². The molecule has 1 unspecified atom stereocenters. The molecular weight excluding hydrogens is 550 g/mol. The minimum Gasteiger partial charge on any atom is -0.464 e. The van der Waals surface area contributed by atoms with Crippen molar-refractivity contribution in [2.45, 2.75) is 57.3 Å². The van der Waals surface area contributed by atoms with E-state index in [4.69, 9.17) is 26.1 Å². The first kappa shape index (κ1) is 27.4. The Morgan fingerprint density at radius 3 is 2.57 bits per heavy atom. The number of nitrogens with zero attached hydrogens (tertiary/aromatic N) is 5. The lowest BCUT2D eigenvalue weighted by Crippen LogP contribution is -2.36. The number of pyridine rings is 1. The molecule has 9 heteroatoms. The number of anilines is 1. The third kappa shape index (κ3) is 5.39. The Hall–Kier alpha value is -3.46. The van der Waals surface area contributed by atoms with Gasteiger partial charge in [-0.25, -0.2) is 14.8 Å². The molecule has 0 N–H and O–H groups in total. The summed E-state index contributed by atoms with van der Waals surface area (Å²) in [7, 11) is 1.38. The summed E-state index contributed by atoms with van der Waals surface area (Å²) < 4.78 is 12.8. The minimum absolute atomic E-state index is 0.162. The van der Waals surface area contributed by atoms with Crippen LogP contribution in [-0.4, -0.2) is 64.9 Å². The normalized spacial score (nSPS) is 19.5. The third-order valence-electron chi connectivity index (χ3n) is 9.13. The van der Waals surface area contributed by atoms with Crippen molar-refractivity contribution in [1.82, 2.24) is 19.4 Å². The zero-order valence-corrected chi connectivity index (χ0v) is 24.7. The van der Waals surface area contributed by atoms with Crippen LogP contribution in [0.1, 0.15) is 58.2 Å². The summed E-state index contributed by atoms with van der Waals surface area (Å²) in [6.45, 7) is 6.26. The van der Waals surface area contributed by atoms with Gasteiger partial charge in [-0.15, -0.1) is 0 Å². The summed E-state index contributed by atoms with van der Waals surface area (Å²) >= 11 is 6.12. The molecule has 0 amide bonds. The van der Waals surface area contributed by atoms with Crippen LogP contribution in [0.25, 0.3) is 11.2 Å². The average Bonchev–Trinajstić information content (AvgIpc) is 3.34. The number of methoxy groups -OCH3 is 1. The summed E-state index contributed by atoms with van der Waals surface area (Å²) in [4.78, 5) is 26.7. The van der Waals surface area contributed by atoms with Crippen molar-refractivity contribution in [2.75, 3.05) is 38.3 Å². The van der Waals surface area contributed by atoms with Crippen LogP contribution in [0.3, 0.4) is 0 Å². The van der Waals surface area contributed by atoms with E-state index in [0.717, 1.165) is 87.0 Å². The Bertz CT molecular complexity index is 1590. The van der Waals surface area contributed by atoms with E-state index in [2.05, 4.69) is 49.7 Å². The number of carbonyl (C=O) groups excluding carboxylic acids is 1. The highest BCUT2D eigenvalue weighted by Gasteiger charge is 2.28. The van der Waals surface area contributed by atoms with Crippen LogP contribution >= 0.6 is 11.6 Å². The first-order valence-electron chi connectivity index (χ1n) is 15.0. The van der Waals surface area contributed by atoms with Crippen molar-refractivity contribution >= 4 is 34.4 Å². The predicted molar refractivity (Wildman–Crippen MR) is 163 cm³/mol. The lowest BCUT2D eigenvalue weighted by molar-refractivity contribution is -0.0593. The second kappa shape index (κ2) is 11.7. The molecule has 2 aromatic heterocycles. The van der Waals surface area contributed by atoms with Gasteiger partial charge in [0, 0.05) is 30.4 Å². The van der Waals surface area contributed by atoms with Crippen LogP contribution in [0.15, 0.2) is 54.6 Å². The van der Waals surface area contributed by atoms with Gasteiger partial charge in [0.25, 0.3) is 0 Å². The van der Waals surface area contributed by atoms with Crippen molar-refractivity contribution in [2.24, 2.45) is 0 Å². The van der Waals surface area contributed by atoms with Gasteiger partial charge in [0.2, 0.25) is 0 Å². The lowest BCUT2D eigenvalue weighted by atomic mass is 9.82. The molecule has 5 heterocycles. The maximum Gasteiger partial charge on any atom is 0.356 e. The van der Waals surface area contributed by atoms with Crippen molar-refractivity contribution in [3.8, 4) is 0 Å². The number of hydrogen-bond donors (Lipinski definition) is 0. The number of carbonyl (C=O) groups is 1. The molecule has 218 valence electrons. The molecule has 4 aromatic rings. The van der Waals surface area contributed by atoms with Gasteiger partial charge in [-0.3, -0.25) is 4.90 Å². The van der Waals surface area contributed by atoms with Crippen LogP contribution in [0.5, 0.6) is 0 Å². The quantitative estimate of drug-likeness (QED) is 0.261. The van der Waals surface area contributed by atoms with Gasteiger partial charge in [-0.2, -0.15) is 0 Å². The Labute approximate surface area is 251 Å². The molecule has 0 bridgehead atoms. The van der Waals surface area contributed by atoms with Gasteiger partial charge in [-0.1, -0.05) is 29.8 Å². The van der Waals surface area contributed by atoms with Gasteiger partial charge in [0.1, 0.15) is 11.3 Å². The largest absolute Gasteiger partial charge is 0.464 e. The van der Waals surface area contributed by atoms with E-state index >= 15 is 0 Å². The third-order valence-corrected chi connectivity index (χ3v) is 9.38. The number of likely N-dealkylation sites (tertiary alicyclic amines) is 1. The Morgan fingerprint density at radius 2 is 1.83 bits per heavy atom. The number of esters is 1. The predicted octanol–water partition coefficient (Wildman–Crippen LogP) is 5.60. The summed E-state index contributed by atoms with van der Waals surface area (Å²) in [6, 6.07) is 18.7. The zero-order chi connectivity index (χ0) is 28.6. The highest BCUT2D eigenvalue weighted by molar-refractivity contribution is 6.30. The first-order chi connectivity index (χ1) is 20.6. The maximum absolute atomic E-state index is 12.2. The van der Waals surface area contributed by atoms with E-state index in [0.29, 0.717) is 18.2 Å². The second-order valence-electron chi connectivity index (χ2n) is 11.6. The topological polar surface area (TPSA) is 72.7 Å². The van der Waals surface area contributed by atoms with Crippen LogP contribution in [0.4, 0.5) is 5.69 Å². The van der Waals surface area contributed by atoms with Gasteiger partial charge in [0.05, 0.1) is 26.3 Å². The fourth-order valence-electron chi connectivity index (χ4n) is 6.71. The molecule has 0 aliphatic carbocycles. The Balaban J connectivity index is 1.05. The molecule has 0 spiro atoms. The second-order valence-corrected chi connectivity index (χ2v) is 12.1. The maximum atomic E-state index is 12.2. The number of piperidine rings is 1. The van der Waals surface area contributed by atoms with E-state index in [1.165, 1.54) is 23.9 Å². The van der Waals surface area contributed by atoms with Gasteiger partial charge in [-0.05, 0) is 97.8 Å². The van der Waals surface area contributed by atoms with Crippen LogP contribution < -0.4 is 4.90 Å². The molecule has 2 aromatic carbocycles. The van der Waals surface area contributed by atoms with E-state index in [1.54, 1.807) is 11.6 Å². The molecule has 8 nitrogen and oxygen atoms in total. The molecule has 3 aliphatic rings. The average molecular weight is 586 g/mol. The van der Waals surface area contributed by atoms with Gasteiger partial charge >= 0.3 is 5.97 Å². The fraction of sp³-hybridized carbons (Fsp3) is 0.424.